The predicted molar refractivity (Wildman–Crippen MR) is 139 cm³/mol. The van der Waals surface area contributed by atoms with Crippen LogP contribution in [0.1, 0.15) is 61.6 Å². The average Bonchev–Trinajstić information content (AvgIpc) is 3.50. The van der Waals surface area contributed by atoms with Crippen molar-refractivity contribution in [2.24, 2.45) is 11.8 Å². The fourth-order valence-electron chi connectivity index (χ4n) is 6.74. The van der Waals surface area contributed by atoms with Gasteiger partial charge in [-0.2, -0.15) is 0 Å². The molecule has 1 spiro atoms. The predicted octanol–water partition coefficient (Wildman–Crippen LogP) is 3.96. The zero-order valence-corrected chi connectivity index (χ0v) is 21.6. The first-order chi connectivity index (χ1) is 16.6. The number of piperidine rings is 1. The van der Waals surface area contributed by atoms with E-state index in [0.717, 1.165) is 69.2 Å². The number of amides is 1. The molecule has 0 aliphatic carbocycles. The van der Waals surface area contributed by atoms with Gasteiger partial charge in [0.1, 0.15) is 0 Å². The lowest BCUT2D eigenvalue weighted by atomic mass is 9.72. The van der Waals surface area contributed by atoms with Gasteiger partial charge in [-0.1, -0.05) is 57.0 Å². The largest absolute Gasteiger partial charge is 0.365 e. The van der Waals surface area contributed by atoms with Gasteiger partial charge in [-0.25, -0.2) is 4.98 Å². The first kappa shape index (κ1) is 23.8. The molecule has 0 radical (unpaired) electrons. The molecule has 4 heterocycles. The van der Waals surface area contributed by atoms with Crippen molar-refractivity contribution in [3.05, 3.63) is 46.5 Å². The number of nitrogens with zero attached hydrogens (tertiary/aromatic N) is 2. The second-order valence-corrected chi connectivity index (χ2v) is 11.3. The Morgan fingerprint density at radius 1 is 1.24 bits per heavy atom. The summed E-state index contributed by atoms with van der Waals surface area (Å²) in [6.07, 6.45) is 4.36. The molecule has 6 nitrogen and oxygen atoms in total. The summed E-state index contributed by atoms with van der Waals surface area (Å²) in [4.78, 5) is 22.8. The van der Waals surface area contributed by atoms with Gasteiger partial charge in [0.25, 0.3) is 0 Å². The van der Waals surface area contributed by atoms with Gasteiger partial charge in [-0.15, -0.1) is 11.3 Å². The highest BCUT2D eigenvalue weighted by Crippen LogP contribution is 2.46. The molecule has 1 aromatic heterocycles. The number of likely N-dealkylation sites (tertiary alicyclic amines) is 1. The topological polar surface area (TPSA) is 69.3 Å². The summed E-state index contributed by atoms with van der Waals surface area (Å²) in [7, 11) is 1.93. The third-order valence-electron chi connectivity index (χ3n) is 8.64. The van der Waals surface area contributed by atoms with Crippen LogP contribution in [0, 0.1) is 11.8 Å². The van der Waals surface area contributed by atoms with Gasteiger partial charge in [-0.3, -0.25) is 4.79 Å². The number of carbonyl (C=O) groups is 1. The molecule has 184 valence electrons. The molecule has 3 aliphatic heterocycles. The Hall–Kier alpha value is -1.96. The fourth-order valence-corrected chi connectivity index (χ4v) is 7.91. The van der Waals surface area contributed by atoms with Gasteiger partial charge in [0.15, 0.2) is 5.13 Å². The van der Waals surface area contributed by atoms with Crippen LogP contribution in [0.15, 0.2) is 30.3 Å². The zero-order chi connectivity index (χ0) is 23.7. The molecule has 34 heavy (non-hydrogen) atoms. The monoisotopic (exact) mass is 481 g/mol. The van der Waals surface area contributed by atoms with E-state index < -0.39 is 0 Å². The highest BCUT2D eigenvalue weighted by molar-refractivity contribution is 7.15. The molecule has 3 N–H and O–H groups in total. The van der Waals surface area contributed by atoms with Crippen molar-refractivity contribution in [3.8, 4) is 0 Å². The summed E-state index contributed by atoms with van der Waals surface area (Å²) in [6.45, 7) is 8.65. The average molecular weight is 482 g/mol. The van der Waals surface area contributed by atoms with E-state index in [4.69, 9.17) is 4.98 Å². The van der Waals surface area contributed by atoms with E-state index in [1.165, 1.54) is 10.4 Å². The third-order valence-corrected chi connectivity index (χ3v) is 9.98. The molecule has 2 saturated heterocycles. The molecule has 7 heteroatoms. The molecular formula is C27H39N5OS. The number of benzene rings is 1. The molecule has 1 amide bonds. The maximum Gasteiger partial charge on any atom is 0.228 e. The van der Waals surface area contributed by atoms with E-state index in [0.29, 0.717) is 23.8 Å². The minimum Gasteiger partial charge on any atom is -0.365 e. The van der Waals surface area contributed by atoms with Crippen LogP contribution in [0.25, 0.3) is 0 Å². The summed E-state index contributed by atoms with van der Waals surface area (Å²) in [5.74, 6) is 1.38. The Kier molecular flexibility index (Phi) is 6.96. The van der Waals surface area contributed by atoms with E-state index in [1.807, 2.05) is 7.05 Å². The molecule has 4 atom stereocenters. The molecule has 1 aromatic carbocycles. The van der Waals surface area contributed by atoms with E-state index >= 15 is 0 Å². The van der Waals surface area contributed by atoms with E-state index in [9.17, 15) is 4.79 Å². The maximum atomic E-state index is 14.4. The molecule has 2 aromatic rings. The van der Waals surface area contributed by atoms with Gasteiger partial charge < -0.3 is 20.9 Å². The maximum absolute atomic E-state index is 14.4. The summed E-state index contributed by atoms with van der Waals surface area (Å²) >= 11 is 1.74. The van der Waals surface area contributed by atoms with Gasteiger partial charge in [0, 0.05) is 56.1 Å². The number of aromatic nitrogens is 1. The summed E-state index contributed by atoms with van der Waals surface area (Å²) < 4.78 is 0. The van der Waals surface area contributed by atoms with Gasteiger partial charge >= 0.3 is 0 Å². The van der Waals surface area contributed by atoms with Gasteiger partial charge in [-0.05, 0) is 30.2 Å². The minimum atomic E-state index is -0.202. The quantitative estimate of drug-likeness (QED) is 0.583. The van der Waals surface area contributed by atoms with Crippen LogP contribution in [-0.4, -0.2) is 55.1 Å². The van der Waals surface area contributed by atoms with Crippen molar-refractivity contribution in [1.29, 1.82) is 0 Å². The smallest absolute Gasteiger partial charge is 0.228 e. The van der Waals surface area contributed by atoms with Crippen molar-refractivity contribution in [3.63, 3.8) is 0 Å². The van der Waals surface area contributed by atoms with E-state index in [1.54, 1.807) is 11.3 Å². The van der Waals surface area contributed by atoms with Crippen LogP contribution in [0.4, 0.5) is 5.13 Å². The highest BCUT2D eigenvalue weighted by atomic mass is 32.1. The lowest BCUT2D eigenvalue weighted by molar-refractivity contribution is -0.142. The van der Waals surface area contributed by atoms with Crippen LogP contribution in [-0.2, 0) is 16.8 Å². The lowest BCUT2D eigenvalue weighted by Crippen LogP contribution is -2.57. The van der Waals surface area contributed by atoms with E-state index in [-0.39, 0.29) is 11.3 Å². The van der Waals surface area contributed by atoms with Crippen LogP contribution >= 0.6 is 11.3 Å². The van der Waals surface area contributed by atoms with Crippen molar-refractivity contribution in [1.82, 2.24) is 20.5 Å². The zero-order valence-electron chi connectivity index (χ0n) is 20.8. The van der Waals surface area contributed by atoms with E-state index in [2.05, 4.69) is 65.0 Å². The molecule has 5 rings (SSSR count). The lowest BCUT2D eigenvalue weighted by Gasteiger charge is -2.46. The Morgan fingerprint density at radius 2 is 2.00 bits per heavy atom. The number of carbonyl (C=O) groups excluding carboxylic acids is 1. The second kappa shape index (κ2) is 9.96. The van der Waals surface area contributed by atoms with Crippen molar-refractivity contribution >= 4 is 22.4 Å². The van der Waals surface area contributed by atoms with Gasteiger partial charge in [0.05, 0.1) is 11.6 Å². The number of nitrogens with one attached hydrogen (secondary N) is 3. The van der Waals surface area contributed by atoms with Crippen molar-refractivity contribution < 1.29 is 4.79 Å². The Bertz CT molecular complexity index is 990. The fraction of sp³-hybridized carbons (Fsp3) is 0.630. The van der Waals surface area contributed by atoms with Crippen LogP contribution in [0.3, 0.4) is 0 Å². The Balaban J connectivity index is 1.44. The number of hydrogen-bond acceptors (Lipinski definition) is 6. The van der Waals surface area contributed by atoms with Crippen LogP contribution < -0.4 is 16.0 Å². The third kappa shape index (κ3) is 4.06. The van der Waals surface area contributed by atoms with Crippen molar-refractivity contribution in [2.75, 3.05) is 38.5 Å². The van der Waals surface area contributed by atoms with Crippen LogP contribution in [0.2, 0.25) is 0 Å². The summed E-state index contributed by atoms with van der Waals surface area (Å²) in [6, 6.07) is 11.2. The first-order valence-electron chi connectivity index (χ1n) is 13.1. The molecule has 0 bridgehead atoms. The number of hydrogen-bond donors (Lipinski definition) is 3. The standard InChI is InChI=1S/C27H39N5OS/c1-4-18(5-2)23-13-20(19-9-7-6-8-10-19)11-12-32(23)25(33)21-14-29-16-27(21)17-30-15-22-24(27)34-26(28-3)31-22/h6-10,18,20-21,23,29-30H,4-5,11-17H2,1-3H3,(H,28,31)/t20-,21+,23+,27+/m1/s1. The SMILES string of the molecule is CCC(CC)[C@@H]1C[C@H](c2ccccc2)CCN1C(=O)[C@@H]1CNC[C@]12CNCc1nc(NC)sc12. The summed E-state index contributed by atoms with van der Waals surface area (Å²) in [5.41, 5.74) is 2.34. The normalized spacial score (nSPS) is 28.9. The van der Waals surface area contributed by atoms with Crippen molar-refractivity contribution in [2.45, 2.75) is 63.5 Å². The number of fused-ring (bicyclic) bond motifs is 2. The molecule has 0 saturated carbocycles. The molecule has 3 aliphatic rings. The van der Waals surface area contributed by atoms with Crippen LogP contribution in [0.5, 0.6) is 0 Å². The highest BCUT2D eigenvalue weighted by Gasteiger charge is 2.53. The second-order valence-electron chi connectivity index (χ2n) is 10.3. The molecule has 0 unspecified atom stereocenters. The minimum absolute atomic E-state index is 0.0469. The summed E-state index contributed by atoms with van der Waals surface area (Å²) in [5, 5.41) is 11.4. The Labute approximate surface area is 207 Å². The number of rotatable bonds is 6. The molecule has 2 fully saturated rings. The van der Waals surface area contributed by atoms with Gasteiger partial charge in [0.2, 0.25) is 5.91 Å². The number of thiazole rings is 1. The number of anilines is 1. The first-order valence-corrected chi connectivity index (χ1v) is 13.9. The Morgan fingerprint density at radius 3 is 2.74 bits per heavy atom. The molecular weight excluding hydrogens is 442 g/mol.